The first-order valence-electron chi connectivity index (χ1n) is 8.04. The number of para-hydroxylation sites is 1. The zero-order chi connectivity index (χ0) is 17.6. The van der Waals surface area contributed by atoms with Gasteiger partial charge in [0.15, 0.2) is 5.16 Å². The average Bonchev–Trinajstić information content (AvgIpc) is 3.05. The SMILES string of the molecule is Cn1ccnc1SN1CCN(c2ccccc2/C=C/C(=O)NO)CC1. The number of nitrogens with zero attached hydrogens (tertiary/aromatic N) is 4. The van der Waals surface area contributed by atoms with E-state index in [2.05, 4.69) is 20.3 Å². The van der Waals surface area contributed by atoms with Crippen molar-refractivity contribution in [3.05, 3.63) is 48.3 Å². The number of nitrogens with one attached hydrogen (secondary N) is 1. The third kappa shape index (κ3) is 4.41. The van der Waals surface area contributed by atoms with Crippen LogP contribution in [0.3, 0.4) is 0 Å². The number of hydrogen-bond donors (Lipinski definition) is 2. The summed E-state index contributed by atoms with van der Waals surface area (Å²) in [6.45, 7) is 3.64. The highest BCUT2D eigenvalue weighted by atomic mass is 32.2. The van der Waals surface area contributed by atoms with Gasteiger partial charge in [0.25, 0.3) is 5.91 Å². The van der Waals surface area contributed by atoms with Gasteiger partial charge >= 0.3 is 0 Å². The zero-order valence-electron chi connectivity index (χ0n) is 14.0. The minimum atomic E-state index is -0.536. The van der Waals surface area contributed by atoms with Gasteiger partial charge in [-0.25, -0.2) is 14.8 Å². The van der Waals surface area contributed by atoms with E-state index in [0.717, 1.165) is 42.6 Å². The molecule has 132 valence electrons. The molecule has 0 spiro atoms. The highest BCUT2D eigenvalue weighted by Gasteiger charge is 2.20. The van der Waals surface area contributed by atoms with Gasteiger partial charge in [-0.1, -0.05) is 18.2 Å². The fraction of sp³-hybridized carbons (Fsp3) is 0.294. The summed E-state index contributed by atoms with van der Waals surface area (Å²) in [6.07, 6.45) is 6.80. The molecule has 0 atom stereocenters. The Morgan fingerprint density at radius 1 is 1.28 bits per heavy atom. The molecule has 1 amide bonds. The molecule has 8 heteroatoms. The molecule has 1 aliphatic rings. The Kier molecular flexibility index (Phi) is 5.75. The molecule has 0 radical (unpaired) electrons. The predicted octanol–water partition coefficient (Wildman–Crippen LogP) is 1.77. The Morgan fingerprint density at radius 3 is 2.72 bits per heavy atom. The fourth-order valence-corrected chi connectivity index (χ4v) is 3.57. The van der Waals surface area contributed by atoms with Crippen molar-refractivity contribution in [1.29, 1.82) is 0 Å². The summed E-state index contributed by atoms with van der Waals surface area (Å²) >= 11 is 1.68. The van der Waals surface area contributed by atoms with Crippen LogP contribution in [0, 0.1) is 0 Å². The summed E-state index contributed by atoms with van der Waals surface area (Å²) in [4.78, 5) is 17.9. The second-order valence-electron chi connectivity index (χ2n) is 5.70. The molecule has 7 nitrogen and oxygen atoms in total. The molecule has 3 rings (SSSR count). The van der Waals surface area contributed by atoms with Gasteiger partial charge in [0.05, 0.1) is 0 Å². The lowest BCUT2D eigenvalue weighted by atomic mass is 10.1. The number of hydroxylamine groups is 1. The molecular weight excluding hydrogens is 338 g/mol. The summed E-state index contributed by atoms with van der Waals surface area (Å²) in [7, 11) is 2.00. The Bertz CT molecular complexity index is 753. The van der Waals surface area contributed by atoms with Crippen molar-refractivity contribution in [1.82, 2.24) is 19.3 Å². The van der Waals surface area contributed by atoms with E-state index in [9.17, 15) is 4.79 Å². The molecule has 0 aliphatic carbocycles. The van der Waals surface area contributed by atoms with Crippen LogP contribution in [0.5, 0.6) is 0 Å². The lowest BCUT2D eigenvalue weighted by molar-refractivity contribution is -0.124. The minimum Gasteiger partial charge on any atom is -0.368 e. The quantitative estimate of drug-likeness (QED) is 0.367. The maximum Gasteiger partial charge on any atom is 0.267 e. The summed E-state index contributed by atoms with van der Waals surface area (Å²) in [5.74, 6) is -0.536. The van der Waals surface area contributed by atoms with Crippen LogP contribution in [0.4, 0.5) is 5.69 Å². The van der Waals surface area contributed by atoms with Gasteiger partial charge < -0.3 is 9.47 Å². The molecule has 0 bridgehead atoms. The highest BCUT2D eigenvalue weighted by Crippen LogP contribution is 2.26. The summed E-state index contributed by atoms with van der Waals surface area (Å²) < 4.78 is 4.33. The molecule has 1 fully saturated rings. The average molecular weight is 359 g/mol. The molecule has 1 saturated heterocycles. The van der Waals surface area contributed by atoms with Crippen molar-refractivity contribution in [2.24, 2.45) is 7.05 Å². The number of aromatic nitrogens is 2. The van der Waals surface area contributed by atoms with Crippen molar-refractivity contribution in [3.63, 3.8) is 0 Å². The van der Waals surface area contributed by atoms with Crippen LogP contribution >= 0.6 is 11.9 Å². The number of carbonyl (C=O) groups excluding carboxylic acids is 1. The van der Waals surface area contributed by atoms with Crippen LogP contribution in [0.15, 0.2) is 47.9 Å². The third-order valence-electron chi connectivity index (χ3n) is 4.03. The van der Waals surface area contributed by atoms with Crippen LogP contribution in [0.1, 0.15) is 5.56 Å². The second-order valence-corrected chi connectivity index (χ2v) is 6.76. The van der Waals surface area contributed by atoms with Crippen LogP contribution in [-0.2, 0) is 11.8 Å². The van der Waals surface area contributed by atoms with E-state index < -0.39 is 5.91 Å². The number of piperazine rings is 1. The van der Waals surface area contributed by atoms with Gasteiger partial charge in [-0.3, -0.25) is 10.0 Å². The molecule has 2 N–H and O–H groups in total. The maximum absolute atomic E-state index is 11.2. The zero-order valence-corrected chi connectivity index (χ0v) is 14.8. The number of aryl methyl sites for hydroxylation is 1. The van der Waals surface area contributed by atoms with Crippen LogP contribution in [0.25, 0.3) is 6.08 Å². The van der Waals surface area contributed by atoms with E-state index in [-0.39, 0.29) is 0 Å². The third-order valence-corrected chi connectivity index (χ3v) is 5.21. The number of anilines is 1. The maximum atomic E-state index is 11.2. The monoisotopic (exact) mass is 359 g/mol. The van der Waals surface area contributed by atoms with Gasteiger partial charge in [0, 0.05) is 57.4 Å². The number of rotatable bonds is 5. The van der Waals surface area contributed by atoms with Crippen LogP contribution in [0.2, 0.25) is 0 Å². The molecule has 25 heavy (non-hydrogen) atoms. The first kappa shape index (κ1) is 17.5. The lowest BCUT2D eigenvalue weighted by Gasteiger charge is -2.35. The van der Waals surface area contributed by atoms with Crippen molar-refractivity contribution >= 4 is 29.6 Å². The molecule has 1 aromatic carbocycles. The van der Waals surface area contributed by atoms with Crippen molar-refractivity contribution in [3.8, 4) is 0 Å². The predicted molar refractivity (Wildman–Crippen MR) is 98.3 cm³/mol. The second kappa shape index (κ2) is 8.19. The Morgan fingerprint density at radius 2 is 2.04 bits per heavy atom. The summed E-state index contributed by atoms with van der Waals surface area (Å²) in [5, 5.41) is 9.60. The van der Waals surface area contributed by atoms with Crippen LogP contribution in [-0.4, -0.2) is 51.1 Å². The molecule has 2 heterocycles. The number of amides is 1. The molecule has 1 aromatic heterocycles. The first-order chi connectivity index (χ1) is 12.2. The standard InChI is InChI=1S/C17H21N5O2S/c1-20-9-8-18-17(20)25-22-12-10-21(11-13-22)15-5-3-2-4-14(15)6-7-16(23)19-24/h2-9,24H,10-13H2,1H3,(H,19,23)/b7-6+. The largest absolute Gasteiger partial charge is 0.368 e. The normalized spacial score (nSPS) is 15.7. The fourth-order valence-electron chi connectivity index (χ4n) is 2.69. The molecule has 0 saturated carbocycles. The molecule has 2 aromatic rings. The van der Waals surface area contributed by atoms with Crippen LogP contribution < -0.4 is 10.4 Å². The Hall–Kier alpha value is -2.29. The van der Waals surface area contributed by atoms with E-state index in [1.54, 1.807) is 23.5 Å². The number of hydrogen-bond acceptors (Lipinski definition) is 6. The van der Waals surface area contributed by atoms with Gasteiger partial charge in [-0.2, -0.15) is 0 Å². The molecular formula is C17H21N5O2S. The van der Waals surface area contributed by atoms with E-state index >= 15 is 0 Å². The highest BCUT2D eigenvalue weighted by molar-refractivity contribution is 7.96. The van der Waals surface area contributed by atoms with Gasteiger partial charge in [-0.05, 0) is 29.7 Å². The Balaban J connectivity index is 1.64. The smallest absolute Gasteiger partial charge is 0.267 e. The lowest BCUT2D eigenvalue weighted by Crippen LogP contribution is -2.43. The first-order valence-corrected chi connectivity index (χ1v) is 8.81. The van der Waals surface area contributed by atoms with Crippen molar-refractivity contribution in [2.45, 2.75) is 5.16 Å². The topological polar surface area (TPSA) is 73.6 Å². The van der Waals surface area contributed by atoms with Crippen molar-refractivity contribution < 1.29 is 10.0 Å². The van der Waals surface area contributed by atoms with E-state index in [0.29, 0.717) is 0 Å². The molecule has 1 aliphatic heterocycles. The number of imidazole rings is 1. The Labute approximate surface area is 151 Å². The van der Waals surface area contributed by atoms with Gasteiger partial charge in [0.1, 0.15) is 0 Å². The summed E-state index contributed by atoms with van der Waals surface area (Å²) in [5.41, 5.74) is 3.65. The van der Waals surface area contributed by atoms with E-state index in [1.165, 1.54) is 6.08 Å². The summed E-state index contributed by atoms with van der Waals surface area (Å²) in [6, 6.07) is 7.95. The minimum absolute atomic E-state index is 0.536. The number of carbonyl (C=O) groups is 1. The van der Waals surface area contributed by atoms with E-state index in [4.69, 9.17) is 5.21 Å². The molecule has 0 unspecified atom stereocenters. The van der Waals surface area contributed by atoms with Gasteiger partial charge in [-0.15, -0.1) is 0 Å². The van der Waals surface area contributed by atoms with E-state index in [1.807, 2.05) is 42.2 Å². The number of benzene rings is 1. The van der Waals surface area contributed by atoms with Crippen molar-refractivity contribution in [2.75, 3.05) is 31.1 Å². The van der Waals surface area contributed by atoms with Gasteiger partial charge in [0.2, 0.25) is 0 Å².